The first-order chi connectivity index (χ1) is 13.6. The minimum Gasteiger partial charge on any atom is -0.493 e. The summed E-state index contributed by atoms with van der Waals surface area (Å²) >= 11 is 0. The Balaban J connectivity index is 1.91. The van der Waals surface area contributed by atoms with Gasteiger partial charge < -0.3 is 10.1 Å². The molecule has 1 aromatic carbocycles. The largest absolute Gasteiger partial charge is 0.493 e. The number of halogens is 3. The van der Waals surface area contributed by atoms with Crippen molar-refractivity contribution in [1.82, 2.24) is 4.98 Å². The van der Waals surface area contributed by atoms with Crippen LogP contribution in [0, 0.1) is 13.8 Å². The summed E-state index contributed by atoms with van der Waals surface area (Å²) in [7, 11) is 0. The summed E-state index contributed by atoms with van der Waals surface area (Å²) in [6.45, 7) is 5.19. The monoisotopic (exact) mass is 408 g/mol. The molecule has 0 saturated carbocycles. The van der Waals surface area contributed by atoms with Crippen LogP contribution in [0.2, 0.25) is 0 Å². The number of aromatic nitrogens is 1. The first kappa shape index (κ1) is 22.4. The molecule has 1 aromatic heterocycles. The SMILES string of the molecule is CCC(=O)Nc1cc(C(=O)CCCOc2ccc(C(F)(F)F)cc2C)cc(C)n1. The number of ether oxygens (including phenoxy) is 1. The van der Waals surface area contributed by atoms with Crippen LogP contribution >= 0.6 is 0 Å². The molecule has 2 rings (SSSR count). The number of benzene rings is 1. The van der Waals surface area contributed by atoms with E-state index in [1.54, 1.807) is 26.8 Å². The van der Waals surface area contributed by atoms with Crippen molar-refractivity contribution in [3.63, 3.8) is 0 Å². The molecule has 1 N–H and O–H groups in total. The molecule has 2 aromatic rings. The van der Waals surface area contributed by atoms with Gasteiger partial charge in [0.1, 0.15) is 11.6 Å². The molecule has 0 atom stereocenters. The van der Waals surface area contributed by atoms with E-state index < -0.39 is 11.7 Å². The molecule has 0 fully saturated rings. The van der Waals surface area contributed by atoms with Crippen LogP contribution in [0.1, 0.15) is 53.4 Å². The fourth-order valence-electron chi connectivity index (χ4n) is 2.67. The Morgan fingerprint density at radius 2 is 1.86 bits per heavy atom. The van der Waals surface area contributed by atoms with Crippen LogP contribution < -0.4 is 10.1 Å². The van der Waals surface area contributed by atoms with Gasteiger partial charge in [0.15, 0.2) is 5.78 Å². The van der Waals surface area contributed by atoms with Gasteiger partial charge in [0, 0.05) is 24.1 Å². The summed E-state index contributed by atoms with van der Waals surface area (Å²) in [5, 5.41) is 2.63. The number of carbonyl (C=O) groups is 2. The molecule has 156 valence electrons. The maximum atomic E-state index is 12.7. The lowest BCUT2D eigenvalue weighted by Gasteiger charge is -2.12. The number of alkyl halides is 3. The fourth-order valence-corrected chi connectivity index (χ4v) is 2.67. The minimum absolute atomic E-state index is 0.129. The molecule has 0 aliphatic rings. The van der Waals surface area contributed by atoms with Crippen molar-refractivity contribution < 1.29 is 27.5 Å². The van der Waals surface area contributed by atoms with Crippen LogP contribution in [0.4, 0.5) is 19.0 Å². The van der Waals surface area contributed by atoms with Crippen LogP contribution in [0.15, 0.2) is 30.3 Å². The Morgan fingerprint density at radius 1 is 1.14 bits per heavy atom. The van der Waals surface area contributed by atoms with E-state index in [-0.39, 0.29) is 24.7 Å². The highest BCUT2D eigenvalue weighted by Gasteiger charge is 2.30. The lowest BCUT2D eigenvalue weighted by atomic mass is 10.1. The molecule has 0 saturated heterocycles. The molecule has 8 heteroatoms. The fraction of sp³-hybridized carbons (Fsp3) is 0.381. The number of anilines is 1. The maximum Gasteiger partial charge on any atom is 0.416 e. The van der Waals surface area contributed by atoms with E-state index in [2.05, 4.69) is 10.3 Å². The average molecular weight is 408 g/mol. The molecule has 0 radical (unpaired) electrons. The number of hydrogen-bond donors (Lipinski definition) is 1. The third-order valence-electron chi connectivity index (χ3n) is 4.17. The smallest absolute Gasteiger partial charge is 0.416 e. The molecule has 5 nitrogen and oxygen atoms in total. The van der Waals surface area contributed by atoms with E-state index in [9.17, 15) is 22.8 Å². The Bertz CT molecular complexity index is 895. The Kier molecular flexibility index (Phi) is 7.36. The van der Waals surface area contributed by atoms with E-state index in [0.717, 1.165) is 12.1 Å². The molecule has 0 bridgehead atoms. The number of carbonyl (C=O) groups excluding carboxylic acids is 2. The normalized spacial score (nSPS) is 11.2. The molecule has 1 amide bonds. The van der Waals surface area contributed by atoms with Crippen molar-refractivity contribution in [2.75, 3.05) is 11.9 Å². The number of ketones is 1. The molecule has 0 aliphatic carbocycles. The number of aryl methyl sites for hydroxylation is 2. The van der Waals surface area contributed by atoms with Crippen molar-refractivity contribution in [2.45, 2.75) is 46.2 Å². The summed E-state index contributed by atoms with van der Waals surface area (Å²) in [5.74, 6) is 0.364. The Labute approximate surface area is 167 Å². The third kappa shape index (κ3) is 6.58. The molecule has 1 heterocycles. The average Bonchev–Trinajstić information content (AvgIpc) is 2.64. The molecular formula is C21H23F3N2O3. The number of nitrogens with zero attached hydrogens (tertiary/aromatic N) is 1. The van der Waals surface area contributed by atoms with Gasteiger partial charge in [-0.1, -0.05) is 6.92 Å². The number of nitrogens with one attached hydrogen (secondary N) is 1. The summed E-state index contributed by atoms with van der Waals surface area (Å²) in [5.41, 5.74) is 0.706. The van der Waals surface area contributed by atoms with Gasteiger partial charge in [0.2, 0.25) is 5.91 Å². The summed E-state index contributed by atoms with van der Waals surface area (Å²) in [6.07, 6.45) is -3.49. The van der Waals surface area contributed by atoms with Crippen LogP contribution in [0.5, 0.6) is 5.75 Å². The van der Waals surface area contributed by atoms with E-state index in [0.29, 0.717) is 41.2 Å². The van der Waals surface area contributed by atoms with E-state index in [4.69, 9.17) is 4.74 Å². The standard InChI is InChI=1S/C21H23F3N2O3/c1-4-20(28)26-19-12-15(11-14(3)25-19)17(27)6-5-9-29-18-8-7-16(10-13(18)2)21(22,23)24/h7-8,10-12H,4-6,9H2,1-3H3,(H,25,26,28). The van der Waals surface area contributed by atoms with Crippen molar-refractivity contribution >= 4 is 17.5 Å². The zero-order valence-corrected chi connectivity index (χ0v) is 16.5. The van der Waals surface area contributed by atoms with Crippen molar-refractivity contribution in [3.05, 3.63) is 52.7 Å². The number of Topliss-reactive ketones (excluding diaryl/α,β-unsaturated/α-hetero) is 1. The van der Waals surface area contributed by atoms with E-state index >= 15 is 0 Å². The second-order valence-electron chi connectivity index (χ2n) is 6.64. The minimum atomic E-state index is -4.40. The number of amides is 1. The molecule has 0 spiro atoms. The highest BCUT2D eigenvalue weighted by molar-refractivity contribution is 5.98. The van der Waals surface area contributed by atoms with Gasteiger partial charge in [0.05, 0.1) is 12.2 Å². The van der Waals surface area contributed by atoms with E-state index in [1.165, 1.54) is 12.1 Å². The molecule has 0 aliphatic heterocycles. The first-order valence-electron chi connectivity index (χ1n) is 9.22. The maximum absolute atomic E-state index is 12.7. The van der Waals surface area contributed by atoms with Crippen LogP contribution in [0.25, 0.3) is 0 Å². The third-order valence-corrected chi connectivity index (χ3v) is 4.17. The number of hydrogen-bond acceptors (Lipinski definition) is 4. The van der Waals surface area contributed by atoms with Crippen LogP contribution in [-0.2, 0) is 11.0 Å². The van der Waals surface area contributed by atoms with Gasteiger partial charge in [-0.15, -0.1) is 0 Å². The predicted octanol–water partition coefficient (Wildman–Crippen LogP) is 5.11. The van der Waals surface area contributed by atoms with Crippen molar-refractivity contribution in [1.29, 1.82) is 0 Å². The van der Waals surface area contributed by atoms with Gasteiger partial charge in [-0.3, -0.25) is 9.59 Å². The van der Waals surface area contributed by atoms with Gasteiger partial charge in [-0.05, 0) is 56.2 Å². The molecule has 0 unspecified atom stereocenters. The first-order valence-corrected chi connectivity index (χ1v) is 9.22. The van der Waals surface area contributed by atoms with E-state index in [1.807, 2.05) is 0 Å². The summed E-state index contributed by atoms with van der Waals surface area (Å²) < 4.78 is 43.6. The zero-order chi connectivity index (χ0) is 21.6. The van der Waals surface area contributed by atoms with Gasteiger partial charge in [-0.25, -0.2) is 4.98 Å². The highest BCUT2D eigenvalue weighted by Crippen LogP contribution is 2.32. The summed E-state index contributed by atoms with van der Waals surface area (Å²) in [4.78, 5) is 28.1. The van der Waals surface area contributed by atoms with Crippen molar-refractivity contribution in [2.24, 2.45) is 0 Å². The molecule has 29 heavy (non-hydrogen) atoms. The number of pyridine rings is 1. The molecular weight excluding hydrogens is 385 g/mol. The highest BCUT2D eigenvalue weighted by atomic mass is 19.4. The van der Waals surface area contributed by atoms with Gasteiger partial charge in [-0.2, -0.15) is 13.2 Å². The summed E-state index contributed by atoms with van der Waals surface area (Å²) in [6, 6.07) is 6.47. The van der Waals surface area contributed by atoms with Crippen molar-refractivity contribution in [3.8, 4) is 5.75 Å². The number of rotatable bonds is 8. The quantitative estimate of drug-likeness (QED) is 0.487. The van der Waals surface area contributed by atoms with Gasteiger partial charge in [0.25, 0.3) is 0 Å². The van der Waals surface area contributed by atoms with Crippen LogP contribution in [-0.4, -0.2) is 23.3 Å². The lowest BCUT2D eigenvalue weighted by molar-refractivity contribution is -0.137. The second-order valence-corrected chi connectivity index (χ2v) is 6.64. The zero-order valence-electron chi connectivity index (χ0n) is 16.5. The predicted molar refractivity (Wildman–Crippen MR) is 103 cm³/mol. The Morgan fingerprint density at radius 3 is 2.48 bits per heavy atom. The lowest BCUT2D eigenvalue weighted by Crippen LogP contribution is -2.12. The van der Waals surface area contributed by atoms with Gasteiger partial charge >= 0.3 is 6.18 Å². The Hall–Kier alpha value is -2.90. The topological polar surface area (TPSA) is 68.3 Å². The van der Waals surface area contributed by atoms with Crippen LogP contribution in [0.3, 0.4) is 0 Å². The second kappa shape index (κ2) is 9.54.